The maximum absolute atomic E-state index is 12.2. The first-order valence-electron chi connectivity index (χ1n) is 8.00. The van der Waals surface area contributed by atoms with Gasteiger partial charge in [-0.25, -0.2) is 15.2 Å². The SMILES string of the molecule is CCN1C(=O)N(CC)C2NC(N/N=C/c3ccc([N+](=O)[O-])cc3)=NC21. The van der Waals surface area contributed by atoms with Crippen LogP contribution in [0.15, 0.2) is 34.4 Å². The van der Waals surface area contributed by atoms with E-state index in [2.05, 4.69) is 20.8 Å². The minimum atomic E-state index is -0.449. The van der Waals surface area contributed by atoms with E-state index < -0.39 is 4.92 Å². The van der Waals surface area contributed by atoms with Crippen LogP contribution in [-0.2, 0) is 0 Å². The van der Waals surface area contributed by atoms with Crippen LogP contribution in [0.5, 0.6) is 0 Å². The fourth-order valence-electron chi connectivity index (χ4n) is 2.90. The third-order valence-electron chi connectivity index (χ3n) is 4.14. The fourth-order valence-corrected chi connectivity index (χ4v) is 2.90. The number of fused-ring (bicyclic) bond motifs is 1. The Kier molecular flexibility index (Phi) is 4.50. The number of hydrogen-bond donors (Lipinski definition) is 2. The summed E-state index contributed by atoms with van der Waals surface area (Å²) in [5, 5.41) is 17.9. The lowest BCUT2D eigenvalue weighted by Gasteiger charge is -2.20. The van der Waals surface area contributed by atoms with Crippen molar-refractivity contribution in [3.05, 3.63) is 39.9 Å². The molecule has 2 atom stereocenters. The number of likely N-dealkylation sites (N-methyl/N-ethyl adjacent to an activating group) is 2. The molecule has 2 aliphatic heterocycles. The lowest BCUT2D eigenvalue weighted by molar-refractivity contribution is -0.384. The topological polar surface area (TPSA) is 115 Å². The number of hydrazone groups is 1. The second kappa shape index (κ2) is 6.75. The van der Waals surface area contributed by atoms with Gasteiger partial charge in [-0.05, 0) is 31.5 Å². The molecule has 3 rings (SSSR count). The van der Waals surface area contributed by atoms with Crippen molar-refractivity contribution in [1.82, 2.24) is 20.5 Å². The normalized spacial score (nSPS) is 22.2. The van der Waals surface area contributed by atoms with E-state index in [-0.39, 0.29) is 24.1 Å². The molecule has 0 aliphatic carbocycles. The molecule has 0 spiro atoms. The van der Waals surface area contributed by atoms with Crippen LogP contribution in [-0.4, -0.2) is 58.3 Å². The highest BCUT2D eigenvalue weighted by atomic mass is 16.6. The number of nitrogens with one attached hydrogen (secondary N) is 2. The Hall–Kier alpha value is -3.17. The van der Waals surface area contributed by atoms with Gasteiger partial charge in [0.2, 0.25) is 5.96 Å². The van der Waals surface area contributed by atoms with Crippen molar-refractivity contribution in [2.75, 3.05) is 13.1 Å². The molecule has 1 aromatic carbocycles. The summed E-state index contributed by atoms with van der Waals surface area (Å²) in [6, 6.07) is 6.03. The number of amides is 2. The van der Waals surface area contributed by atoms with Crippen LogP contribution in [0.25, 0.3) is 0 Å². The van der Waals surface area contributed by atoms with Crippen LogP contribution in [0, 0.1) is 10.1 Å². The summed E-state index contributed by atoms with van der Waals surface area (Å²) in [7, 11) is 0. The zero-order valence-corrected chi connectivity index (χ0v) is 13.9. The van der Waals surface area contributed by atoms with E-state index in [9.17, 15) is 14.9 Å². The molecule has 0 radical (unpaired) electrons. The molecule has 10 nitrogen and oxygen atoms in total. The third-order valence-corrected chi connectivity index (χ3v) is 4.14. The molecule has 132 valence electrons. The Morgan fingerprint density at radius 3 is 2.60 bits per heavy atom. The van der Waals surface area contributed by atoms with E-state index in [1.54, 1.807) is 28.1 Å². The molecular weight excluding hydrogens is 326 g/mol. The van der Waals surface area contributed by atoms with Crippen LogP contribution in [0.3, 0.4) is 0 Å². The highest BCUT2D eigenvalue weighted by molar-refractivity contribution is 5.88. The average Bonchev–Trinajstić information content (AvgIpc) is 3.10. The number of hydrogen-bond acceptors (Lipinski definition) is 7. The smallest absolute Gasteiger partial charge is 0.323 e. The molecule has 0 saturated carbocycles. The summed E-state index contributed by atoms with van der Waals surface area (Å²) in [5.41, 5.74) is 3.56. The lowest BCUT2D eigenvalue weighted by atomic mass is 10.2. The zero-order valence-electron chi connectivity index (χ0n) is 13.9. The number of rotatable bonds is 5. The molecular formula is C15H19N7O3. The maximum atomic E-state index is 12.2. The minimum absolute atomic E-state index is 0.0234. The Balaban J connectivity index is 1.64. The summed E-state index contributed by atoms with van der Waals surface area (Å²) in [5.74, 6) is 0.484. The molecule has 1 saturated heterocycles. The molecule has 1 aromatic rings. The van der Waals surface area contributed by atoms with Gasteiger partial charge in [0.1, 0.15) is 6.17 Å². The number of nitro benzene ring substituents is 1. The molecule has 1 fully saturated rings. The van der Waals surface area contributed by atoms with Crippen molar-refractivity contribution >= 4 is 23.9 Å². The van der Waals surface area contributed by atoms with Crippen LogP contribution >= 0.6 is 0 Å². The van der Waals surface area contributed by atoms with Gasteiger partial charge in [-0.3, -0.25) is 15.0 Å². The van der Waals surface area contributed by atoms with Crippen LogP contribution in [0.1, 0.15) is 19.4 Å². The van der Waals surface area contributed by atoms with Crippen molar-refractivity contribution in [1.29, 1.82) is 0 Å². The summed E-state index contributed by atoms with van der Waals surface area (Å²) < 4.78 is 0. The van der Waals surface area contributed by atoms with Gasteiger partial charge in [0, 0.05) is 25.2 Å². The van der Waals surface area contributed by atoms with Crippen LogP contribution in [0.2, 0.25) is 0 Å². The molecule has 0 bridgehead atoms. The van der Waals surface area contributed by atoms with E-state index >= 15 is 0 Å². The van der Waals surface area contributed by atoms with Gasteiger partial charge >= 0.3 is 6.03 Å². The molecule has 2 amide bonds. The van der Waals surface area contributed by atoms with Gasteiger partial charge in [0.15, 0.2) is 6.17 Å². The second-order valence-corrected chi connectivity index (χ2v) is 5.55. The molecule has 0 aromatic heterocycles. The Bertz CT molecular complexity index is 731. The van der Waals surface area contributed by atoms with Crippen molar-refractivity contribution < 1.29 is 9.72 Å². The largest absolute Gasteiger partial charge is 0.331 e. The Labute approximate surface area is 144 Å². The Morgan fingerprint density at radius 1 is 1.32 bits per heavy atom. The monoisotopic (exact) mass is 345 g/mol. The first kappa shape index (κ1) is 16.7. The highest BCUT2D eigenvalue weighted by Gasteiger charge is 2.48. The minimum Gasteiger partial charge on any atom is -0.331 e. The number of carbonyl (C=O) groups excluding carboxylic acids is 1. The van der Waals surface area contributed by atoms with E-state index in [1.807, 2.05) is 13.8 Å². The number of nitrogens with zero attached hydrogens (tertiary/aromatic N) is 5. The Morgan fingerprint density at radius 2 is 2.00 bits per heavy atom. The van der Waals surface area contributed by atoms with Crippen LogP contribution < -0.4 is 10.7 Å². The third kappa shape index (κ3) is 3.10. The first-order valence-corrected chi connectivity index (χ1v) is 8.00. The first-order chi connectivity index (χ1) is 12.0. The molecule has 2 aliphatic rings. The number of urea groups is 1. The second-order valence-electron chi connectivity index (χ2n) is 5.55. The van der Waals surface area contributed by atoms with Gasteiger partial charge in [0.25, 0.3) is 5.69 Å². The predicted molar refractivity (Wildman–Crippen MR) is 92.1 cm³/mol. The number of non-ortho nitro benzene ring substituents is 1. The number of carbonyl (C=O) groups is 1. The fraction of sp³-hybridized carbons (Fsp3) is 0.400. The molecule has 10 heteroatoms. The number of aliphatic imine (C=N–C) groups is 1. The van der Waals surface area contributed by atoms with Crippen molar-refractivity contribution in [2.45, 2.75) is 26.2 Å². The molecule has 2 unspecified atom stereocenters. The number of guanidine groups is 1. The van der Waals surface area contributed by atoms with Gasteiger partial charge < -0.3 is 10.2 Å². The number of nitro groups is 1. The quantitative estimate of drug-likeness (QED) is 0.467. The van der Waals surface area contributed by atoms with E-state index in [1.165, 1.54) is 12.1 Å². The van der Waals surface area contributed by atoms with Crippen molar-refractivity contribution in [3.8, 4) is 0 Å². The average molecular weight is 345 g/mol. The van der Waals surface area contributed by atoms with E-state index in [0.717, 1.165) is 5.56 Å². The van der Waals surface area contributed by atoms with Gasteiger partial charge in [-0.15, -0.1) is 0 Å². The standard InChI is InChI=1S/C15H19N7O3/c1-3-20-12-13(21(4-2)15(20)23)18-14(17-12)19-16-9-10-5-7-11(8-6-10)22(24)25/h5-9,12-13H,3-4H2,1-2H3,(H2,17,18,19)/b16-9+. The summed E-state index contributed by atoms with van der Waals surface area (Å²) in [4.78, 5) is 30.3. The van der Waals surface area contributed by atoms with E-state index in [4.69, 9.17) is 0 Å². The molecule has 2 N–H and O–H groups in total. The molecule has 2 heterocycles. The summed E-state index contributed by atoms with van der Waals surface area (Å²) in [6.45, 7) is 5.02. The highest BCUT2D eigenvalue weighted by Crippen LogP contribution is 2.25. The maximum Gasteiger partial charge on any atom is 0.323 e. The molecule has 25 heavy (non-hydrogen) atoms. The van der Waals surface area contributed by atoms with Crippen molar-refractivity contribution in [2.24, 2.45) is 10.1 Å². The van der Waals surface area contributed by atoms with Crippen LogP contribution in [0.4, 0.5) is 10.5 Å². The van der Waals surface area contributed by atoms with Gasteiger partial charge in [0.05, 0.1) is 11.1 Å². The van der Waals surface area contributed by atoms with Gasteiger partial charge in [-0.2, -0.15) is 5.10 Å². The predicted octanol–water partition coefficient (Wildman–Crippen LogP) is 0.907. The zero-order chi connectivity index (χ0) is 18.0. The number of benzene rings is 1. The summed E-state index contributed by atoms with van der Waals surface area (Å²) in [6.07, 6.45) is 1.08. The van der Waals surface area contributed by atoms with Gasteiger partial charge in [-0.1, -0.05) is 0 Å². The van der Waals surface area contributed by atoms with E-state index in [0.29, 0.717) is 19.0 Å². The lowest BCUT2D eigenvalue weighted by Crippen LogP contribution is -2.47. The van der Waals surface area contributed by atoms with Crippen molar-refractivity contribution in [3.63, 3.8) is 0 Å². The summed E-state index contributed by atoms with van der Waals surface area (Å²) >= 11 is 0.